The van der Waals surface area contributed by atoms with Gasteiger partial charge in [0, 0.05) is 61.8 Å². The predicted molar refractivity (Wildman–Crippen MR) is 183 cm³/mol. The Labute approximate surface area is 284 Å². The highest BCUT2D eigenvalue weighted by Crippen LogP contribution is 2.34. The Morgan fingerprint density at radius 1 is 0.956 bits per heavy atom. The first-order valence-corrected chi connectivity index (χ1v) is 18.4. The molecular formula is C32H40Br2N6O4S. The maximum Gasteiger partial charge on any atom is 0.326 e. The van der Waals surface area contributed by atoms with Gasteiger partial charge in [0.15, 0.2) is 0 Å². The third-order valence-electron chi connectivity index (χ3n) is 9.52. The maximum atomic E-state index is 14.0. The Morgan fingerprint density at radius 3 is 2.24 bits per heavy atom. The highest BCUT2D eigenvalue weighted by molar-refractivity contribution is 9.11. The molecule has 3 N–H and O–H groups in total. The lowest BCUT2D eigenvalue weighted by Gasteiger charge is -2.41. The van der Waals surface area contributed by atoms with Gasteiger partial charge in [-0.05, 0) is 113 Å². The van der Waals surface area contributed by atoms with Gasteiger partial charge in [0.05, 0.1) is 14.6 Å². The molecule has 0 spiro atoms. The summed E-state index contributed by atoms with van der Waals surface area (Å²) in [5.41, 5.74) is 2.47. The molecule has 10 nitrogen and oxygen atoms in total. The van der Waals surface area contributed by atoms with Crippen LogP contribution in [0.15, 0.2) is 48.9 Å². The lowest BCUT2D eigenvalue weighted by atomic mass is 9.98. The van der Waals surface area contributed by atoms with Gasteiger partial charge in [-0.25, -0.2) is 9.59 Å². The number of thiophene rings is 1. The molecule has 3 amide bonds. The number of piperidine rings is 3. The van der Waals surface area contributed by atoms with Crippen LogP contribution in [0.5, 0.6) is 5.75 Å². The Kier molecular flexibility index (Phi) is 10.4. The zero-order valence-corrected chi connectivity index (χ0v) is 29.2. The normalized spacial score (nSPS) is 19.5. The molecule has 242 valence electrons. The van der Waals surface area contributed by atoms with Gasteiger partial charge < -0.3 is 30.1 Å². The summed E-state index contributed by atoms with van der Waals surface area (Å²) in [6, 6.07) is 5.06. The minimum Gasteiger partial charge on any atom is -0.506 e. The first-order valence-electron chi connectivity index (χ1n) is 15.9. The summed E-state index contributed by atoms with van der Waals surface area (Å²) in [7, 11) is 0. The van der Waals surface area contributed by atoms with Gasteiger partial charge in [-0.15, -0.1) is 0 Å². The number of amides is 3. The number of likely N-dealkylation sites (tertiary alicyclic amines) is 3. The van der Waals surface area contributed by atoms with Crippen molar-refractivity contribution in [3.05, 3.63) is 60.1 Å². The third kappa shape index (κ3) is 7.52. The van der Waals surface area contributed by atoms with Crippen molar-refractivity contribution in [2.45, 2.75) is 69.5 Å². The molecule has 3 aromatic rings. The number of H-pyrrole nitrogens is 1. The van der Waals surface area contributed by atoms with Crippen molar-refractivity contribution in [1.29, 1.82) is 0 Å². The van der Waals surface area contributed by atoms with Gasteiger partial charge in [-0.2, -0.15) is 11.3 Å². The van der Waals surface area contributed by atoms with Gasteiger partial charge in [-0.1, -0.05) is 6.42 Å². The molecule has 13 heteroatoms. The van der Waals surface area contributed by atoms with E-state index in [1.165, 1.54) is 19.3 Å². The van der Waals surface area contributed by atoms with Crippen molar-refractivity contribution < 1.29 is 14.7 Å². The van der Waals surface area contributed by atoms with Crippen LogP contribution >= 0.6 is 43.2 Å². The summed E-state index contributed by atoms with van der Waals surface area (Å²) in [5.74, 6) is 0.0211. The number of carbonyl (C=O) groups excluding carboxylic acids is 2. The number of hydrogen-bond acceptors (Lipinski definition) is 6. The van der Waals surface area contributed by atoms with Gasteiger partial charge in [0.1, 0.15) is 11.8 Å². The SMILES string of the molecule is O=C(N[C@@H](Cc1cc(Br)c(O)c(Br)c1)C(=O)N1CCC(N2CCCCC2)CC1)N1CCC(n2cc(-c3ccsc3)[nH]c2=O)CC1. The monoisotopic (exact) mass is 762 g/mol. The molecule has 0 aliphatic carbocycles. The van der Waals surface area contributed by atoms with Gasteiger partial charge in [0.2, 0.25) is 5.91 Å². The zero-order chi connectivity index (χ0) is 31.5. The summed E-state index contributed by atoms with van der Waals surface area (Å²) >= 11 is 8.38. The largest absolute Gasteiger partial charge is 0.506 e. The molecule has 1 aromatic carbocycles. The first kappa shape index (κ1) is 32.3. The minimum absolute atomic E-state index is 0.00416. The number of halogens is 2. The number of phenols is 1. The Bertz CT molecular complexity index is 1510. The van der Waals surface area contributed by atoms with Crippen molar-refractivity contribution in [2.75, 3.05) is 39.3 Å². The summed E-state index contributed by atoms with van der Waals surface area (Å²) < 4.78 is 2.80. The number of hydrogen-bond donors (Lipinski definition) is 3. The van der Waals surface area contributed by atoms with E-state index >= 15 is 0 Å². The van der Waals surface area contributed by atoms with E-state index in [-0.39, 0.29) is 29.4 Å². The lowest BCUT2D eigenvalue weighted by Crippen LogP contribution is -2.56. The van der Waals surface area contributed by atoms with Crippen LogP contribution in [0, 0.1) is 0 Å². The summed E-state index contributed by atoms with van der Waals surface area (Å²) in [6.07, 6.45) is 9.17. The Morgan fingerprint density at radius 2 is 1.60 bits per heavy atom. The summed E-state index contributed by atoms with van der Waals surface area (Å²) in [5, 5.41) is 17.3. The topological polar surface area (TPSA) is 114 Å². The van der Waals surface area contributed by atoms with Crippen LogP contribution in [0.1, 0.15) is 56.6 Å². The number of nitrogens with zero attached hydrogens (tertiary/aromatic N) is 4. The highest BCUT2D eigenvalue weighted by Gasteiger charge is 2.34. The number of aromatic nitrogens is 2. The molecule has 45 heavy (non-hydrogen) atoms. The van der Waals surface area contributed by atoms with Gasteiger partial charge in [-0.3, -0.25) is 9.36 Å². The van der Waals surface area contributed by atoms with Crippen molar-refractivity contribution >= 4 is 55.1 Å². The summed E-state index contributed by atoms with van der Waals surface area (Å²) in [4.78, 5) is 49.5. The van der Waals surface area contributed by atoms with E-state index in [9.17, 15) is 19.5 Å². The average molecular weight is 765 g/mol. The number of rotatable bonds is 7. The molecule has 3 saturated heterocycles. The molecule has 1 atom stereocenters. The predicted octanol–water partition coefficient (Wildman–Crippen LogP) is 5.57. The second-order valence-corrected chi connectivity index (χ2v) is 14.9. The third-order valence-corrected chi connectivity index (χ3v) is 11.4. The molecule has 3 fully saturated rings. The number of urea groups is 1. The number of aromatic hydroxyl groups is 1. The molecule has 0 saturated carbocycles. The van der Waals surface area contributed by atoms with Crippen LogP contribution in [-0.2, 0) is 11.2 Å². The van der Waals surface area contributed by atoms with Gasteiger partial charge in [0.25, 0.3) is 0 Å². The molecule has 3 aliphatic rings. The number of nitrogens with one attached hydrogen (secondary N) is 2. The number of phenolic OH excluding ortho intramolecular Hbond substituents is 1. The molecule has 3 aliphatic heterocycles. The zero-order valence-electron chi connectivity index (χ0n) is 25.2. The van der Waals surface area contributed by atoms with Gasteiger partial charge >= 0.3 is 11.7 Å². The van der Waals surface area contributed by atoms with E-state index in [0.717, 1.165) is 42.8 Å². The van der Waals surface area contributed by atoms with E-state index < -0.39 is 6.04 Å². The van der Waals surface area contributed by atoms with Crippen LogP contribution < -0.4 is 11.0 Å². The van der Waals surface area contributed by atoms with Crippen molar-refractivity contribution in [3.8, 4) is 17.0 Å². The number of benzene rings is 1. The van der Waals surface area contributed by atoms with E-state index in [0.29, 0.717) is 60.4 Å². The van der Waals surface area contributed by atoms with Crippen LogP contribution in [0.4, 0.5) is 4.79 Å². The van der Waals surface area contributed by atoms with Crippen molar-refractivity contribution in [1.82, 2.24) is 29.6 Å². The molecule has 0 radical (unpaired) electrons. The number of carbonyl (C=O) groups is 2. The Hall–Kier alpha value is -2.61. The second kappa shape index (κ2) is 14.4. The molecule has 5 heterocycles. The molecule has 6 rings (SSSR count). The van der Waals surface area contributed by atoms with E-state index in [4.69, 9.17) is 0 Å². The summed E-state index contributed by atoms with van der Waals surface area (Å²) in [6.45, 7) is 4.62. The van der Waals surface area contributed by atoms with Crippen LogP contribution in [-0.4, -0.2) is 92.6 Å². The maximum absolute atomic E-state index is 14.0. The molecular weight excluding hydrogens is 724 g/mol. The second-order valence-electron chi connectivity index (χ2n) is 12.4. The fourth-order valence-corrected chi connectivity index (χ4v) is 8.90. The van der Waals surface area contributed by atoms with E-state index in [1.54, 1.807) is 32.9 Å². The quantitative estimate of drug-likeness (QED) is 0.292. The van der Waals surface area contributed by atoms with Crippen molar-refractivity contribution in [2.24, 2.45) is 0 Å². The molecule has 2 aromatic heterocycles. The molecule has 0 unspecified atom stereocenters. The van der Waals surface area contributed by atoms with Crippen molar-refractivity contribution in [3.63, 3.8) is 0 Å². The van der Waals surface area contributed by atoms with E-state index in [2.05, 4.69) is 47.1 Å². The number of aromatic amines is 1. The standard InChI is InChI=1S/C32H40Br2N6O4S/c33-25-16-21(17-26(34)29(25)41)18-27(30(42)38-11-4-23(5-12-38)37-9-2-1-3-10-37)35-31(43)39-13-6-24(7-14-39)40-19-28(36-32(40)44)22-8-15-45-20-22/h8,15-17,19-20,23-24,27,41H,1-7,9-14,18H2,(H,35,43)(H,36,44)/t27-/m0/s1. The van der Waals surface area contributed by atoms with E-state index in [1.807, 2.05) is 27.9 Å². The smallest absolute Gasteiger partial charge is 0.326 e. The van der Waals surface area contributed by atoms with Crippen LogP contribution in [0.3, 0.4) is 0 Å². The average Bonchev–Trinajstić information content (AvgIpc) is 3.74. The fourth-order valence-electron chi connectivity index (χ4n) is 6.96. The fraction of sp³-hybridized carbons (Fsp3) is 0.531. The minimum atomic E-state index is -0.745. The molecule has 0 bridgehead atoms. The Balaban J connectivity index is 1.11. The number of imidazole rings is 1. The van der Waals surface area contributed by atoms with Crippen LogP contribution in [0.25, 0.3) is 11.3 Å². The lowest BCUT2D eigenvalue weighted by molar-refractivity contribution is -0.134. The first-order chi connectivity index (χ1) is 21.8. The highest BCUT2D eigenvalue weighted by atomic mass is 79.9. The van der Waals surface area contributed by atoms with Crippen LogP contribution in [0.2, 0.25) is 0 Å².